The summed E-state index contributed by atoms with van der Waals surface area (Å²) in [6.07, 6.45) is 2.06. The molecule has 0 saturated heterocycles. The van der Waals surface area contributed by atoms with Gasteiger partial charge in [-0.05, 0) is 12.1 Å². The Bertz CT molecular complexity index is 1140. The Labute approximate surface area is 160 Å². The van der Waals surface area contributed by atoms with Crippen molar-refractivity contribution < 1.29 is 9.90 Å². The van der Waals surface area contributed by atoms with E-state index in [0.29, 0.717) is 22.6 Å². The number of Topliss-reactive ketones (excluding diaryl/α,β-unsaturated/α-hetero) is 1. The summed E-state index contributed by atoms with van der Waals surface area (Å²) in [6.45, 7) is 4.38. The van der Waals surface area contributed by atoms with Crippen molar-refractivity contribution in [2.75, 3.05) is 0 Å². The predicted molar refractivity (Wildman–Crippen MR) is 107 cm³/mol. The van der Waals surface area contributed by atoms with Gasteiger partial charge in [-0.2, -0.15) is 5.10 Å². The molecule has 0 bridgehead atoms. The minimum Gasteiger partial charge on any atom is -0.508 e. The van der Waals surface area contributed by atoms with Gasteiger partial charge in [0, 0.05) is 28.6 Å². The average Bonchev–Trinajstić information content (AvgIpc) is 3.22. The summed E-state index contributed by atoms with van der Waals surface area (Å²) in [7, 11) is 0. The molecule has 1 aliphatic rings. The molecular weight excluding hydrogens is 358 g/mol. The van der Waals surface area contributed by atoms with Gasteiger partial charge in [0.1, 0.15) is 5.75 Å². The Hall–Kier alpha value is -3.25. The quantitative estimate of drug-likeness (QED) is 0.553. The van der Waals surface area contributed by atoms with Crippen molar-refractivity contribution in [1.82, 2.24) is 4.57 Å². The van der Waals surface area contributed by atoms with Gasteiger partial charge in [0.2, 0.25) is 4.80 Å². The summed E-state index contributed by atoms with van der Waals surface area (Å²) < 4.78 is 1.99. The molecule has 1 heterocycles. The number of hydrogen-bond donors (Lipinski definition) is 1. The molecule has 0 amide bonds. The van der Waals surface area contributed by atoms with Crippen LogP contribution in [0.25, 0.3) is 11.3 Å². The van der Waals surface area contributed by atoms with Crippen LogP contribution in [-0.2, 0) is 6.54 Å². The van der Waals surface area contributed by atoms with Gasteiger partial charge in [-0.25, -0.2) is 0 Å². The summed E-state index contributed by atoms with van der Waals surface area (Å²) in [6, 6.07) is 14.6. The maximum atomic E-state index is 12.1. The number of ketones is 1. The monoisotopic (exact) mass is 375 g/mol. The first kappa shape index (κ1) is 17.2. The first-order valence-corrected chi connectivity index (χ1v) is 9.37. The summed E-state index contributed by atoms with van der Waals surface area (Å²) in [5, 5.41) is 20.5. The number of fused-ring (bicyclic) bond motifs is 1. The lowest BCUT2D eigenvalue weighted by atomic mass is 10.1. The molecule has 1 N–H and O–H groups in total. The second-order valence-electron chi connectivity index (χ2n) is 6.15. The normalized spacial score (nSPS) is 15.3. The first-order chi connectivity index (χ1) is 13.2. The Balaban J connectivity index is 1.79. The molecule has 134 valence electrons. The van der Waals surface area contributed by atoms with Gasteiger partial charge in [0.15, 0.2) is 5.78 Å². The highest BCUT2D eigenvalue weighted by Crippen LogP contribution is 2.24. The highest BCUT2D eigenvalue weighted by molar-refractivity contribution is 7.07. The topological polar surface area (TPSA) is 66.9 Å². The zero-order valence-corrected chi connectivity index (χ0v) is 15.3. The highest BCUT2D eigenvalue weighted by Gasteiger charge is 2.24. The number of aromatic hydroxyl groups is 1. The van der Waals surface area contributed by atoms with Gasteiger partial charge in [-0.15, -0.1) is 23.0 Å². The van der Waals surface area contributed by atoms with Gasteiger partial charge in [-0.1, -0.05) is 42.5 Å². The summed E-state index contributed by atoms with van der Waals surface area (Å²) in [4.78, 5) is 12.8. The van der Waals surface area contributed by atoms with Crippen molar-refractivity contribution in [2.24, 2.45) is 10.2 Å². The standard InChI is InChI=1S/C21H17N3O2S/c1-2-10-24-19(14-6-5-7-15(25)11-14)13-27-21(24)23-22-18-12-20(26)17-9-4-3-8-16(17)18/h2-9,11,13,25H,1,10,12H2/b22-18+,23-21+. The largest absolute Gasteiger partial charge is 0.508 e. The fourth-order valence-corrected chi connectivity index (χ4v) is 3.99. The minimum absolute atomic E-state index is 0.0742. The van der Waals surface area contributed by atoms with Crippen LogP contribution in [0.1, 0.15) is 22.3 Å². The van der Waals surface area contributed by atoms with Crippen molar-refractivity contribution in [3.63, 3.8) is 0 Å². The van der Waals surface area contributed by atoms with E-state index in [2.05, 4.69) is 16.8 Å². The van der Waals surface area contributed by atoms with E-state index in [0.717, 1.165) is 16.8 Å². The smallest absolute Gasteiger partial charge is 0.211 e. The second-order valence-corrected chi connectivity index (χ2v) is 6.98. The van der Waals surface area contributed by atoms with E-state index in [1.165, 1.54) is 11.3 Å². The molecule has 6 heteroatoms. The SMILES string of the molecule is C=CCn1c(-c2cccc(O)c2)cs/c1=N/N=C1\CC(=O)c2ccccc21. The number of carbonyl (C=O) groups is 1. The zero-order valence-electron chi connectivity index (χ0n) is 14.5. The number of rotatable bonds is 4. The van der Waals surface area contributed by atoms with Crippen LogP contribution in [0.2, 0.25) is 0 Å². The molecule has 0 unspecified atom stereocenters. The molecule has 4 rings (SSSR count). The summed E-state index contributed by atoms with van der Waals surface area (Å²) >= 11 is 1.46. The van der Waals surface area contributed by atoms with Crippen LogP contribution in [0.4, 0.5) is 0 Å². The summed E-state index contributed by atoms with van der Waals surface area (Å²) in [5.74, 6) is 0.286. The van der Waals surface area contributed by atoms with Crippen LogP contribution in [0, 0.1) is 0 Å². The van der Waals surface area contributed by atoms with Crippen molar-refractivity contribution in [2.45, 2.75) is 13.0 Å². The van der Waals surface area contributed by atoms with E-state index in [9.17, 15) is 9.90 Å². The third-order valence-corrected chi connectivity index (χ3v) is 5.23. The molecule has 1 aliphatic carbocycles. The van der Waals surface area contributed by atoms with Crippen molar-refractivity contribution in [3.05, 3.63) is 82.5 Å². The molecule has 5 nitrogen and oxygen atoms in total. The third-order valence-electron chi connectivity index (χ3n) is 4.37. The first-order valence-electron chi connectivity index (χ1n) is 8.49. The molecule has 3 aromatic rings. The van der Waals surface area contributed by atoms with Gasteiger partial charge < -0.3 is 9.67 Å². The van der Waals surface area contributed by atoms with Gasteiger partial charge in [0.25, 0.3) is 0 Å². The molecule has 27 heavy (non-hydrogen) atoms. The maximum Gasteiger partial charge on any atom is 0.211 e. The Kier molecular flexibility index (Phi) is 4.56. The van der Waals surface area contributed by atoms with Crippen LogP contribution in [0.15, 0.2) is 76.8 Å². The number of phenolic OH excluding ortho intramolecular Hbond substituents is 1. The molecule has 2 aromatic carbocycles. The molecule has 0 saturated carbocycles. The number of carbonyl (C=O) groups excluding carboxylic acids is 1. The minimum atomic E-state index is 0.0742. The lowest BCUT2D eigenvalue weighted by Crippen LogP contribution is -2.15. The maximum absolute atomic E-state index is 12.1. The lowest BCUT2D eigenvalue weighted by molar-refractivity contribution is 0.101. The van der Waals surface area contributed by atoms with E-state index in [1.54, 1.807) is 24.3 Å². The Morgan fingerprint density at radius 3 is 2.74 bits per heavy atom. The predicted octanol–water partition coefficient (Wildman–Crippen LogP) is 4.00. The van der Waals surface area contributed by atoms with Gasteiger partial charge in [-0.3, -0.25) is 4.79 Å². The van der Waals surface area contributed by atoms with Crippen LogP contribution in [-0.4, -0.2) is 21.2 Å². The molecule has 0 radical (unpaired) electrons. The fraction of sp³-hybridized carbons (Fsp3) is 0.0952. The molecule has 0 spiro atoms. The average molecular weight is 375 g/mol. The van der Waals surface area contributed by atoms with Crippen molar-refractivity contribution in [3.8, 4) is 17.0 Å². The van der Waals surface area contributed by atoms with E-state index < -0.39 is 0 Å². The van der Waals surface area contributed by atoms with Crippen LogP contribution < -0.4 is 4.80 Å². The van der Waals surface area contributed by atoms with Crippen LogP contribution >= 0.6 is 11.3 Å². The van der Waals surface area contributed by atoms with Crippen LogP contribution in [0.3, 0.4) is 0 Å². The third kappa shape index (κ3) is 3.27. The fourth-order valence-electron chi connectivity index (χ4n) is 3.12. The van der Waals surface area contributed by atoms with E-state index in [4.69, 9.17) is 0 Å². The lowest BCUT2D eigenvalue weighted by Gasteiger charge is -2.06. The van der Waals surface area contributed by atoms with E-state index >= 15 is 0 Å². The highest BCUT2D eigenvalue weighted by atomic mass is 32.1. The number of thiazole rings is 1. The van der Waals surface area contributed by atoms with E-state index in [1.807, 2.05) is 40.3 Å². The Morgan fingerprint density at radius 1 is 1.15 bits per heavy atom. The summed E-state index contributed by atoms with van der Waals surface area (Å²) in [5.41, 5.74) is 4.07. The van der Waals surface area contributed by atoms with Crippen molar-refractivity contribution >= 4 is 22.8 Å². The zero-order chi connectivity index (χ0) is 18.8. The van der Waals surface area contributed by atoms with Gasteiger partial charge >= 0.3 is 0 Å². The molecular formula is C21H17N3O2S. The number of hydrogen-bond acceptors (Lipinski definition) is 5. The van der Waals surface area contributed by atoms with Crippen molar-refractivity contribution in [1.29, 1.82) is 0 Å². The molecule has 1 aromatic heterocycles. The molecule has 0 fully saturated rings. The van der Waals surface area contributed by atoms with Gasteiger partial charge in [0.05, 0.1) is 17.8 Å². The number of allylic oxidation sites excluding steroid dienone is 1. The number of aromatic nitrogens is 1. The number of nitrogens with zero attached hydrogens (tertiary/aromatic N) is 3. The molecule has 0 atom stereocenters. The van der Waals surface area contributed by atoms with E-state index in [-0.39, 0.29) is 18.0 Å². The molecule has 0 aliphatic heterocycles. The second kappa shape index (κ2) is 7.17. The number of phenols is 1. The van der Waals surface area contributed by atoms with Crippen LogP contribution in [0.5, 0.6) is 5.75 Å². The Morgan fingerprint density at radius 2 is 1.96 bits per heavy atom. The number of benzene rings is 2.